The number of thiol groups is 1. The Balaban J connectivity index is 0. The molecule has 0 aromatic heterocycles. The summed E-state index contributed by atoms with van der Waals surface area (Å²) >= 11 is 17.9. The third-order valence-electron chi connectivity index (χ3n) is 1.86. The van der Waals surface area contributed by atoms with Gasteiger partial charge in [-0.2, -0.15) is 0 Å². The van der Waals surface area contributed by atoms with Gasteiger partial charge in [0, 0.05) is 4.86 Å². The van der Waals surface area contributed by atoms with Gasteiger partial charge in [0.1, 0.15) is 0 Å². The summed E-state index contributed by atoms with van der Waals surface area (Å²) in [5.41, 5.74) is -1.11. The summed E-state index contributed by atoms with van der Waals surface area (Å²) in [4.78, 5) is 1.15. The Kier molecular flexibility index (Phi) is 12.1. The first-order valence-electron chi connectivity index (χ1n) is 4.52. The van der Waals surface area contributed by atoms with Gasteiger partial charge in [0.15, 0.2) is 0 Å². The molecule has 4 N–H and O–H groups in total. The maximum atomic E-state index is 8.50. The fourth-order valence-corrected chi connectivity index (χ4v) is 1.01. The van der Waals surface area contributed by atoms with Crippen molar-refractivity contribution in [2.45, 2.75) is 6.92 Å². The van der Waals surface area contributed by atoms with Crippen molar-refractivity contribution < 1.29 is 20.4 Å². The molecule has 0 bridgehead atoms. The van der Waals surface area contributed by atoms with Crippen molar-refractivity contribution in [2.75, 3.05) is 26.4 Å². The Morgan fingerprint density at radius 3 is 1.24 bits per heavy atom. The quantitative estimate of drug-likeness (QED) is 0.347. The topological polar surface area (TPSA) is 80.9 Å². The molecule has 0 atom stereocenters. The largest absolute Gasteiger partial charge is 0.396 e. The smallest absolute Gasteiger partial charge is 0.0867 e. The van der Waals surface area contributed by atoms with Crippen LogP contribution >= 0.6 is 49.3 Å². The Labute approximate surface area is 122 Å². The summed E-state index contributed by atoms with van der Waals surface area (Å²) < 4.78 is 0.410. The second-order valence-electron chi connectivity index (χ2n) is 3.32. The summed E-state index contributed by atoms with van der Waals surface area (Å²) in [6.45, 7) is 0.111. The van der Waals surface area contributed by atoms with E-state index in [1.807, 2.05) is 0 Å². The van der Waals surface area contributed by atoms with Gasteiger partial charge in [0.25, 0.3) is 0 Å². The fourth-order valence-electron chi connectivity index (χ4n) is 0.451. The molecule has 0 aliphatic carbocycles. The van der Waals surface area contributed by atoms with Gasteiger partial charge in [0.05, 0.1) is 40.9 Å². The van der Waals surface area contributed by atoms with Crippen molar-refractivity contribution in [3.63, 3.8) is 0 Å². The molecule has 0 saturated heterocycles. The fraction of sp³-hybridized carbons (Fsp3) is 0.667. The van der Waals surface area contributed by atoms with E-state index in [0.717, 1.165) is 0 Å². The van der Waals surface area contributed by atoms with Gasteiger partial charge in [-0.25, -0.2) is 0 Å². The maximum Gasteiger partial charge on any atom is 0.0867 e. The molecule has 0 fully saturated rings. The number of aliphatic hydroxyl groups excluding tert-OH is 4. The molecule has 100 valence electrons. The van der Waals surface area contributed by atoms with Gasteiger partial charge in [-0.1, -0.05) is 36.7 Å². The molecule has 4 nitrogen and oxygen atoms in total. The molecule has 8 heteroatoms. The van der Waals surface area contributed by atoms with Gasteiger partial charge in [-0.3, -0.25) is 0 Å². The summed E-state index contributed by atoms with van der Waals surface area (Å²) in [7, 11) is 0. The first-order chi connectivity index (χ1) is 7.80. The molecule has 0 radical (unpaired) electrons. The molecule has 0 aliphatic heterocycles. The van der Waals surface area contributed by atoms with Crippen molar-refractivity contribution >= 4 is 63.2 Å². The van der Waals surface area contributed by atoms with Crippen LogP contribution in [0.3, 0.4) is 0 Å². The van der Waals surface area contributed by atoms with Crippen molar-refractivity contribution in [3.8, 4) is 0 Å². The van der Waals surface area contributed by atoms with E-state index in [0.29, 0.717) is 13.9 Å². The molecule has 0 aromatic rings. The highest BCUT2D eigenvalue weighted by molar-refractivity contribution is 8.17. The average molecular weight is 316 g/mol. The summed E-state index contributed by atoms with van der Waals surface area (Å²) in [6.07, 6.45) is 0. The maximum absolute atomic E-state index is 8.50. The van der Waals surface area contributed by atoms with Crippen molar-refractivity contribution in [1.82, 2.24) is 0 Å². The van der Waals surface area contributed by atoms with Crippen LogP contribution in [0, 0.1) is 5.41 Å². The zero-order chi connectivity index (χ0) is 14.1. The minimum Gasteiger partial charge on any atom is -0.396 e. The molecule has 0 aromatic carbocycles. The second kappa shape index (κ2) is 10.4. The number of hydrogen-bond acceptors (Lipinski definition) is 7. The predicted octanol–water partition coefficient (Wildman–Crippen LogP) is -0.0547. The van der Waals surface area contributed by atoms with E-state index in [1.165, 1.54) is 0 Å². The molecule has 0 heterocycles. The molecule has 0 rings (SSSR count). The third-order valence-corrected chi connectivity index (χ3v) is 3.41. The highest BCUT2D eigenvalue weighted by Gasteiger charge is 2.26. The normalized spacial score (nSPS) is 10.2. The van der Waals surface area contributed by atoms with E-state index in [9.17, 15) is 0 Å². The van der Waals surface area contributed by atoms with E-state index < -0.39 is 31.8 Å². The Morgan fingerprint density at radius 1 is 0.941 bits per heavy atom. The average Bonchev–Trinajstić information content (AvgIpc) is 2.32. The van der Waals surface area contributed by atoms with Crippen LogP contribution in [-0.2, 0) is 0 Å². The Bertz CT molecular complexity index is 243. The van der Waals surface area contributed by atoms with E-state index in [2.05, 4.69) is 24.8 Å². The number of aliphatic hydroxyl groups is 4. The molecular formula is C9H16O4S4. The van der Waals surface area contributed by atoms with E-state index in [1.54, 1.807) is 6.92 Å². The lowest BCUT2D eigenvalue weighted by atomic mass is 9.93. The van der Waals surface area contributed by atoms with Crippen molar-refractivity contribution in [3.05, 3.63) is 0 Å². The van der Waals surface area contributed by atoms with Gasteiger partial charge >= 0.3 is 0 Å². The summed E-state index contributed by atoms with van der Waals surface area (Å²) in [5.74, 6) is 0. The lowest BCUT2D eigenvalue weighted by Gasteiger charge is -2.23. The lowest BCUT2D eigenvalue weighted by Crippen LogP contribution is -2.37. The third kappa shape index (κ3) is 8.22. The second-order valence-corrected chi connectivity index (χ2v) is 5.50. The van der Waals surface area contributed by atoms with E-state index in [4.69, 9.17) is 44.9 Å². The van der Waals surface area contributed by atoms with E-state index >= 15 is 0 Å². The predicted molar refractivity (Wildman–Crippen MR) is 83.2 cm³/mol. The molecular weight excluding hydrogens is 300 g/mol. The van der Waals surface area contributed by atoms with Crippen LogP contribution in [-0.4, -0.2) is 60.8 Å². The Hall–Kier alpha value is 0.460. The Morgan fingerprint density at radius 2 is 1.24 bits per heavy atom. The van der Waals surface area contributed by atoms with Gasteiger partial charge in [-0.05, 0) is 6.92 Å². The lowest BCUT2D eigenvalue weighted by molar-refractivity contribution is -0.0328. The minimum atomic E-state index is -1.11. The molecule has 17 heavy (non-hydrogen) atoms. The number of thiocarbonyl (C=S) groups is 3. The van der Waals surface area contributed by atoms with Gasteiger partial charge in [0.2, 0.25) is 0 Å². The van der Waals surface area contributed by atoms with Gasteiger partial charge < -0.3 is 20.4 Å². The zero-order valence-corrected chi connectivity index (χ0v) is 12.6. The highest BCUT2D eigenvalue weighted by atomic mass is 32.1. The van der Waals surface area contributed by atoms with Crippen LogP contribution in [0.4, 0.5) is 0 Å². The summed E-state index contributed by atoms with van der Waals surface area (Å²) in [5, 5.41) is 34.0. The zero-order valence-electron chi connectivity index (χ0n) is 9.29. The minimum absolute atomic E-state index is 0.406. The molecule has 0 unspecified atom stereocenters. The van der Waals surface area contributed by atoms with Crippen LogP contribution in [0.1, 0.15) is 6.92 Å². The van der Waals surface area contributed by atoms with E-state index in [-0.39, 0.29) is 0 Å². The molecule has 0 saturated carbocycles. The standard InChI is InChI=1S/C5H12O4.C4H4S4/c6-1-5(2-7,3-8)4-9;1-2(5)3(6)4(7)8/h6-9H,1-4H2;1H3,(H,7,8). The van der Waals surface area contributed by atoms with Crippen LogP contribution in [0.15, 0.2) is 0 Å². The summed E-state index contributed by atoms with van der Waals surface area (Å²) in [6, 6.07) is 0. The molecule has 0 amide bonds. The number of rotatable bonds is 6. The van der Waals surface area contributed by atoms with Crippen LogP contribution in [0.5, 0.6) is 0 Å². The van der Waals surface area contributed by atoms with Crippen LogP contribution < -0.4 is 0 Å². The van der Waals surface area contributed by atoms with Crippen LogP contribution in [0.2, 0.25) is 0 Å². The molecule has 0 aliphatic rings. The highest BCUT2D eigenvalue weighted by Crippen LogP contribution is 2.11. The SMILES string of the molecule is CC(=S)C(=S)C(=S)S.OCC(CO)(CO)CO. The first kappa shape index (κ1) is 19.8. The first-order valence-corrected chi connectivity index (χ1v) is 6.19. The monoisotopic (exact) mass is 316 g/mol. The number of hydrogen-bond donors (Lipinski definition) is 5. The molecule has 0 spiro atoms. The van der Waals surface area contributed by atoms with Crippen LogP contribution in [0.25, 0.3) is 0 Å². The van der Waals surface area contributed by atoms with Crippen molar-refractivity contribution in [2.24, 2.45) is 5.41 Å². The van der Waals surface area contributed by atoms with Gasteiger partial charge in [-0.15, -0.1) is 12.6 Å². The van der Waals surface area contributed by atoms with Crippen molar-refractivity contribution in [1.29, 1.82) is 0 Å².